The van der Waals surface area contributed by atoms with Gasteiger partial charge in [0.15, 0.2) is 5.65 Å². The Bertz CT molecular complexity index is 788. The molecule has 0 bridgehead atoms. The first-order valence-electron chi connectivity index (χ1n) is 7.73. The summed E-state index contributed by atoms with van der Waals surface area (Å²) in [5.41, 5.74) is 2.93. The molecule has 0 fully saturated rings. The van der Waals surface area contributed by atoms with Crippen LogP contribution in [0.1, 0.15) is 38.8 Å². The number of anilines is 1. The molecule has 1 N–H and O–H groups in total. The van der Waals surface area contributed by atoms with Crippen LogP contribution in [0.4, 0.5) is 5.95 Å². The quantitative estimate of drug-likeness (QED) is 0.800. The number of rotatable bonds is 4. The van der Waals surface area contributed by atoms with E-state index in [4.69, 9.17) is 0 Å². The molecular weight excluding hydrogens is 288 g/mol. The van der Waals surface area contributed by atoms with E-state index in [1.807, 2.05) is 23.9 Å². The Morgan fingerprint density at radius 3 is 2.74 bits per heavy atom. The van der Waals surface area contributed by atoms with Gasteiger partial charge in [0.2, 0.25) is 5.95 Å². The second-order valence-corrected chi connectivity index (χ2v) is 7.01. The van der Waals surface area contributed by atoms with Crippen molar-refractivity contribution in [3.63, 3.8) is 0 Å². The van der Waals surface area contributed by atoms with Crippen molar-refractivity contribution in [1.29, 1.82) is 0 Å². The van der Waals surface area contributed by atoms with Crippen molar-refractivity contribution in [2.45, 2.75) is 33.2 Å². The molecule has 0 aliphatic carbocycles. The molecule has 120 valence electrons. The molecule has 23 heavy (non-hydrogen) atoms. The van der Waals surface area contributed by atoms with Crippen LogP contribution in [0.2, 0.25) is 0 Å². The fraction of sp³-hybridized carbons (Fsp3) is 0.412. The van der Waals surface area contributed by atoms with Crippen molar-refractivity contribution in [2.24, 2.45) is 12.5 Å². The fourth-order valence-corrected chi connectivity index (χ4v) is 2.59. The minimum atomic E-state index is 0.106. The first kappa shape index (κ1) is 15.4. The second kappa shape index (κ2) is 5.95. The van der Waals surface area contributed by atoms with Gasteiger partial charge in [-0.05, 0) is 23.5 Å². The Labute approximate surface area is 136 Å². The number of hydrogen-bond acceptors (Lipinski definition) is 5. The van der Waals surface area contributed by atoms with Gasteiger partial charge in [-0.1, -0.05) is 26.8 Å². The number of nitrogens with zero attached hydrogens (tertiary/aromatic N) is 5. The predicted octanol–water partition coefficient (Wildman–Crippen LogP) is 3.35. The zero-order valence-electron chi connectivity index (χ0n) is 14.0. The maximum Gasteiger partial charge on any atom is 0.225 e. The van der Waals surface area contributed by atoms with E-state index in [0.29, 0.717) is 5.95 Å². The molecule has 6 heteroatoms. The Balaban J connectivity index is 1.91. The molecule has 0 spiro atoms. The first-order valence-corrected chi connectivity index (χ1v) is 7.73. The van der Waals surface area contributed by atoms with E-state index in [-0.39, 0.29) is 11.5 Å². The van der Waals surface area contributed by atoms with Crippen molar-refractivity contribution < 1.29 is 0 Å². The molecule has 6 nitrogen and oxygen atoms in total. The van der Waals surface area contributed by atoms with Gasteiger partial charge in [-0.3, -0.25) is 4.98 Å². The average molecular weight is 310 g/mol. The number of aromatic nitrogens is 5. The van der Waals surface area contributed by atoms with Crippen LogP contribution in [0, 0.1) is 5.41 Å². The van der Waals surface area contributed by atoms with Crippen molar-refractivity contribution in [1.82, 2.24) is 24.5 Å². The molecule has 0 aromatic carbocycles. The first-order chi connectivity index (χ1) is 10.9. The minimum Gasteiger partial charge on any atom is -0.347 e. The van der Waals surface area contributed by atoms with E-state index < -0.39 is 0 Å². The molecular formula is C17H22N6. The van der Waals surface area contributed by atoms with E-state index in [9.17, 15) is 0 Å². The third kappa shape index (κ3) is 3.64. The van der Waals surface area contributed by atoms with Crippen molar-refractivity contribution >= 4 is 17.1 Å². The van der Waals surface area contributed by atoms with Crippen molar-refractivity contribution in [2.75, 3.05) is 5.32 Å². The molecule has 0 aliphatic rings. The van der Waals surface area contributed by atoms with E-state index in [2.05, 4.69) is 52.1 Å². The van der Waals surface area contributed by atoms with E-state index in [0.717, 1.165) is 23.1 Å². The van der Waals surface area contributed by atoms with Gasteiger partial charge in [-0.2, -0.15) is 4.98 Å². The average Bonchev–Trinajstić information content (AvgIpc) is 2.87. The van der Waals surface area contributed by atoms with Crippen LogP contribution < -0.4 is 5.32 Å². The molecule has 1 atom stereocenters. The largest absolute Gasteiger partial charge is 0.347 e. The maximum atomic E-state index is 4.59. The van der Waals surface area contributed by atoms with Crippen LogP contribution in [0.3, 0.4) is 0 Å². The van der Waals surface area contributed by atoms with Gasteiger partial charge in [0.05, 0.1) is 18.6 Å². The van der Waals surface area contributed by atoms with Crippen LogP contribution in [-0.2, 0) is 7.05 Å². The minimum absolute atomic E-state index is 0.106. The van der Waals surface area contributed by atoms with E-state index in [1.54, 1.807) is 18.7 Å². The summed E-state index contributed by atoms with van der Waals surface area (Å²) in [6.07, 6.45) is 8.13. The summed E-state index contributed by atoms with van der Waals surface area (Å²) < 4.78 is 1.89. The smallest absolute Gasteiger partial charge is 0.225 e. The van der Waals surface area contributed by atoms with Gasteiger partial charge in [0.1, 0.15) is 5.52 Å². The molecule has 3 aromatic heterocycles. The van der Waals surface area contributed by atoms with Gasteiger partial charge in [0.25, 0.3) is 0 Å². The Hall–Kier alpha value is -2.50. The Kier molecular flexibility index (Phi) is 3.98. The molecule has 0 amide bonds. The zero-order valence-corrected chi connectivity index (χ0v) is 14.0. The molecule has 0 aliphatic heterocycles. The third-order valence-electron chi connectivity index (χ3n) is 3.66. The summed E-state index contributed by atoms with van der Waals surface area (Å²) >= 11 is 0. The number of hydrogen-bond donors (Lipinski definition) is 1. The van der Waals surface area contributed by atoms with Gasteiger partial charge in [-0.15, -0.1) is 0 Å². The van der Waals surface area contributed by atoms with Gasteiger partial charge in [0, 0.05) is 19.4 Å². The number of fused-ring (bicyclic) bond motifs is 1. The molecule has 0 saturated heterocycles. The van der Waals surface area contributed by atoms with Crippen LogP contribution in [0.5, 0.6) is 0 Å². The highest BCUT2D eigenvalue weighted by molar-refractivity contribution is 5.70. The highest BCUT2D eigenvalue weighted by Gasteiger charge is 2.21. The fourth-order valence-electron chi connectivity index (χ4n) is 2.59. The Morgan fingerprint density at radius 2 is 2.04 bits per heavy atom. The Morgan fingerprint density at radius 1 is 1.22 bits per heavy atom. The number of imidazole rings is 1. The third-order valence-corrected chi connectivity index (χ3v) is 3.66. The van der Waals surface area contributed by atoms with Gasteiger partial charge in [-0.25, -0.2) is 9.97 Å². The summed E-state index contributed by atoms with van der Waals surface area (Å²) in [5, 5.41) is 3.46. The predicted molar refractivity (Wildman–Crippen MR) is 91.0 cm³/mol. The number of nitrogens with one attached hydrogen (secondary N) is 1. The lowest BCUT2D eigenvalue weighted by Gasteiger charge is -2.27. The lowest BCUT2D eigenvalue weighted by Crippen LogP contribution is -2.20. The summed E-state index contributed by atoms with van der Waals surface area (Å²) in [4.78, 5) is 17.5. The summed E-state index contributed by atoms with van der Waals surface area (Å²) in [6, 6.07) is 4.14. The SMILES string of the molecule is Cn1cnc2cnc(NC(CC(C)(C)C)c3cccnc3)nc21. The number of aryl methyl sites for hydroxylation is 1. The van der Waals surface area contributed by atoms with Crippen LogP contribution in [-0.4, -0.2) is 24.5 Å². The maximum absolute atomic E-state index is 4.59. The van der Waals surface area contributed by atoms with E-state index in [1.165, 1.54) is 0 Å². The van der Waals surface area contributed by atoms with Crippen molar-refractivity contribution in [3.05, 3.63) is 42.6 Å². The molecule has 3 heterocycles. The van der Waals surface area contributed by atoms with Gasteiger partial charge < -0.3 is 9.88 Å². The number of pyridine rings is 1. The van der Waals surface area contributed by atoms with Crippen LogP contribution in [0.15, 0.2) is 37.1 Å². The van der Waals surface area contributed by atoms with Gasteiger partial charge >= 0.3 is 0 Å². The molecule has 3 rings (SSSR count). The standard InChI is InChI=1S/C17H22N6/c1-17(2,3)8-13(12-6-5-7-18-9-12)21-16-19-10-14-15(22-16)23(4)11-20-14/h5-7,9-11,13H,8H2,1-4H3,(H,19,21,22). The zero-order chi connectivity index (χ0) is 16.4. The monoisotopic (exact) mass is 310 g/mol. The lowest BCUT2D eigenvalue weighted by molar-refractivity contribution is 0.351. The summed E-state index contributed by atoms with van der Waals surface area (Å²) in [7, 11) is 1.93. The van der Waals surface area contributed by atoms with E-state index >= 15 is 0 Å². The van der Waals surface area contributed by atoms with Crippen LogP contribution >= 0.6 is 0 Å². The molecule has 1 unspecified atom stereocenters. The highest BCUT2D eigenvalue weighted by atomic mass is 15.2. The molecule has 0 saturated carbocycles. The highest BCUT2D eigenvalue weighted by Crippen LogP contribution is 2.31. The van der Waals surface area contributed by atoms with Crippen LogP contribution in [0.25, 0.3) is 11.2 Å². The summed E-state index contributed by atoms with van der Waals surface area (Å²) in [5.74, 6) is 0.610. The second-order valence-electron chi connectivity index (χ2n) is 7.01. The molecule has 0 radical (unpaired) electrons. The normalized spacial score (nSPS) is 13.2. The topological polar surface area (TPSA) is 68.5 Å². The molecule has 3 aromatic rings. The summed E-state index contributed by atoms with van der Waals surface area (Å²) in [6.45, 7) is 6.68. The van der Waals surface area contributed by atoms with Crippen molar-refractivity contribution in [3.8, 4) is 0 Å². The lowest BCUT2D eigenvalue weighted by atomic mass is 9.86.